The molecule has 0 aliphatic heterocycles. The van der Waals surface area contributed by atoms with Gasteiger partial charge in [0.2, 0.25) is 0 Å². The fraction of sp³-hybridized carbons (Fsp3) is 0.222. The lowest BCUT2D eigenvalue weighted by atomic mass is 10.2. The molecule has 9 heteroatoms. The van der Waals surface area contributed by atoms with Crippen molar-refractivity contribution in [2.75, 3.05) is 11.9 Å². The van der Waals surface area contributed by atoms with Gasteiger partial charge in [-0.3, -0.25) is 4.79 Å². The SMILES string of the molecule is CCCCNC(=O)NS(=O)(=O)c1ccc(NC(=O)c2cccc(Br)c2)cc1. The van der Waals surface area contributed by atoms with Gasteiger partial charge >= 0.3 is 6.03 Å². The zero-order valence-corrected chi connectivity index (χ0v) is 17.1. The van der Waals surface area contributed by atoms with E-state index in [1.807, 2.05) is 17.7 Å². The predicted molar refractivity (Wildman–Crippen MR) is 107 cm³/mol. The zero-order chi connectivity index (χ0) is 19.9. The van der Waals surface area contributed by atoms with Gasteiger partial charge in [0, 0.05) is 22.3 Å². The van der Waals surface area contributed by atoms with Crippen molar-refractivity contribution in [2.24, 2.45) is 0 Å². The third-order valence-electron chi connectivity index (χ3n) is 3.55. The Hall–Kier alpha value is -2.39. The summed E-state index contributed by atoms with van der Waals surface area (Å²) in [5, 5.41) is 5.16. The lowest BCUT2D eigenvalue weighted by Gasteiger charge is -2.10. The summed E-state index contributed by atoms with van der Waals surface area (Å²) in [5.74, 6) is -0.319. The summed E-state index contributed by atoms with van der Waals surface area (Å²) < 4.78 is 27.1. The minimum Gasteiger partial charge on any atom is -0.337 e. The summed E-state index contributed by atoms with van der Waals surface area (Å²) in [5.41, 5.74) is 0.901. The highest BCUT2D eigenvalue weighted by Crippen LogP contribution is 2.16. The minimum atomic E-state index is -3.98. The van der Waals surface area contributed by atoms with Gasteiger partial charge in [0.25, 0.3) is 15.9 Å². The van der Waals surface area contributed by atoms with Gasteiger partial charge in [-0.25, -0.2) is 17.9 Å². The standard InChI is InChI=1S/C18H20BrN3O4S/c1-2-3-11-20-18(24)22-27(25,26)16-9-7-15(8-10-16)21-17(23)13-5-4-6-14(19)12-13/h4-10,12H,2-3,11H2,1H3,(H,21,23)(H2,20,22,24). The number of halogens is 1. The maximum absolute atomic E-state index is 12.2. The Morgan fingerprint density at radius 3 is 2.41 bits per heavy atom. The van der Waals surface area contributed by atoms with Crippen LogP contribution in [-0.4, -0.2) is 26.9 Å². The van der Waals surface area contributed by atoms with Crippen LogP contribution in [0.25, 0.3) is 0 Å². The quantitative estimate of drug-likeness (QED) is 0.557. The molecule has 2 aromatic rings. The van der Waals surface area contributed by atoms with E-state index in [0.717, 1.165) is 17.3 Å². The zero-order valence-electron chi connectivity index (χ0n) is 14.7. The Balaban J connectivity index is 2.01. The van der Waals surface area contributed by atoms with Gasteiger partial charge in [-0.15, -0.1) is 0 Å². The van der Waals surface area contributed by atoms with Gasteiger partial charge in [0.05, 0.1) is 4.90 Å². The van der Waals surface area contributed by atoms with E-state index in [-0.39, 0.29) is 10.8 Å². The molecule has 0 fully saturated rings. The van der Waals surface area contributed by atoms with Crippen LogP contribution in [0.3, 0.4) is 0 Å². The Labute approximate surface area is 166 Å². The molecular weight excluding hydrogens is 434 g/mol. The number of rotatable bonds is 7. The molecule has 0 heterocycles. The molecule has 144 valence electrons. The highest BCUT2D eigenvalue weighted by atomic mass is 79.9. The van der Waals surface area contributed by atoms with E-state index in [1.54, 1.807) is 18.2 Å². The second kappa shape index (κ2) is 9.52. The average molecular weight is 454 g/mol. The highest BCUT2D eigenvalue weighted by molar-refractivity contribution is 9.10. The van der Waals surface area contributed by atoms with Crippen LogP contribution in [0.2, 0.25) is 0 Å². The summed E-state index contributed by atoms with van der Waals surface area (Å²) in [6.45, 7) is 2.37. The number of anilines is 1. The van der Waals surface area contributed by atoms with Crippen molar-refractivity contribution in [3.8, 4) is 0 Å². The van der Waals surface area contributed by atoms with Crippen molar-refractivity contribution in [1.82, 2.24) is 10.0 Å². The van der Waals surface area contributed by atoms with Crippen molar-refractivity contribution < 1.29 is 18.0 Å². The molecule has 0 unspecified atom stereocenters. The summed E-state index contributed by atoms with van der Waals surface area (Å²) >= 11 is 3.30. The van der Waals surface area contributed by atoms with Gasteiger partial charge in [0.15, 0.2) is 0 Å². The maximum atomic E-state index is 12.2. The summed E-state index contributed by atoms with van der Waals surface area (Å²) in [7, 11) is -3.98. The number of hydrogen-bond acceptors (Lipinski definition) is 4. The monoisotopic (exact) mass is 453 g/mol. The first-order chi connectivity index (χ1) is 12.8. The van der Waals surface area contributed by atoms with Gasteiger partial charge in [-0.05, 0) is 48.9 Å². The summed E-state index contributed by atoms with van der Waals surface area (Å²) in [6, 6.07) is 11.7. The Bertz CT molecular complexity index is 914. The van der Waals surface area contributed by atoms with Gasteiger partial charge in [-0.1, -0.05) is 35.3 Å². The largest absolute Gasteiger partial charge is 0.337 e. The van der Waals surface area contributed by atoms with Crippen LogP contribution >= 0.6 is 15.9 Å². The topological polar surface area (TPSA) is 104 Å². The predicted octanol–water partition coefficient (Wildman–Crippen LogP) is 3.49. The number of amides is 3. The molecule has 27 heavy (non-hydrogen) atoms. The van der Waals surface area contributed by atoms with E-state index < -0.39 is 16.1 Å². The molecule has 3 N–H and O–H groups in total. The minimum absolute atomic E-state index is 0.0754. The van der Waals surface area contributed by atoms with Crippen molar-refractivity contribution in [3.05, 3.63) is 58.6 Å². The molecule has 0 bridgehead atoms. The number of urea groups is 1. The number of unbranched alkanes of at least 4 members (excludes halogenated alkanes) is 1. The van der Waals surface area contributed by atoms with Crippen LogP contribution in [0.15, 0.2) is 57.9 Å². The van der Waals surface area contributed by atoms with E-state index in [4.69, 9.17) is 0 Å². The van der Waals surface area contributed by atoms with Crippen molar-refractivity contribution in [3.63, 3.8) is 0 Å². The first kappa shape index (κ1) is 20.9. The van der Waals surface area contributed by atoms with Crippen LogP contribution in [0.4, 0.5) is 10.5 Å². The number of nitrogens with one attached hydrogen (secondary N) is 3. The third kappa shape index (κ3) is 6.37. The number of carbonyl (C=O) groups excluding carboxylic acids is 2. The van der Waals surface area contributed by atoms with Crippen LogP contribution in [0, 0.1) is 0 Å². The second-order valence-corrected chi connectivity index (χ2v) is 8.30. The average Bonchev–Trinajstić information content (AvgIpc) is 2.62. The first-order valence-corrected chi connectivity index (χ1v) is 10.6. The second-order valence-electron chi connectivity index (χ2n) is 5.70. The van der Waals surface area contributed by atoms with Gasteiger partial charge in [0.1, 0.15) is 0 Å². The number of carbonyl (C=O) groups is 2. The molecule has 2 aromatic carbocycles. The van der Waals surface area contributed by atoms with E-state index in [0.29, 0.717) is 17.8 Å². The van der Waals surface area contributed by atoms with Crippen LogP contribution in [0.1, 0.15) is 30.1 Å². The summed E-state index contributed by atoms with van der Waals surface area (Å²) in [6.07, 6.45) is 1.65. The smallest absolute Gasteiger partial charge is 0.328 e. The van der Waals surface area contributed by atoms with E-state index in [2.05, 4.69) is 26.6 Å². The van der Waals surface area contributed by atoms with Crippen LogP contribution in [-0.2, 0) is 10.0 Å². The Morgan fingerprint density at radius 2 is 1.78 bits per heavy atom. The molecule has 0 aliphatic carbocycles. The molecule has 0 atom stereocenters. The first-order valence-electron chi connectivity index (χ1n) is 8.29. The maximum Gasteiger partial charge on any atom is 0.328 e. The molecule has 0 spiro atoms. The normalized spacial score (nSPS) is 10.9. The van der Waals surface area contributed by atoms with Crippen LogP contribution in [0.5, 0.6) is 0 Å². The number of hydrogen-bond donors (Lipinski definition) is 3. The van der Waals surface area contributed by atoms with Crippen molar-refractivity contribution in [1.29, 1.82) is 0 Å². The van der Waals surface area contributed by atoms with Gasteiger partial charge < -0.3 is 10.6 Å². The van der Waals surface area contributed by atoms with Gasteiger partial charge in [-0.2, -0.15) is 0 Å². The summed E-state index contributed by atoms with van der Waals surface area (Å²) in [4.78, 5) is 23.8. The fourth-order valence-electron chi connectivity index (χ4n) is 2.15. The van der Waals surface area contributed by atoms with Crippen molar-refractivity contribution in [2.45, 2.75) is 24.7 Å². The lowest BCUT2D eigenvalue weighted by molar-refractivity contribution is 0.102. The fourth-order valence-corrected chi connectivity index (χ4v) is 3.47. The Morgan fingerprint density at radius 1 is 1.07 bits per heavy atom. The molecule has 0 saturated heterocycles. The molecule has 0 aromatic heterocycles. The highest BCUT2D eigenvalue weighted by Gasteiger charge is 2.17. The lowest BCUT2D eigenvalue weighted by Crippen LogP contribution is -2.39. The number of benzene rings is 2. The van der Waals surface area contributed by atoms with Crippen molar-refractivity contribution >= 4 is 43.6 Å². The number of sulfonamides is 1. The molecule has 0 aliphatic rings. The third-order valence-corrected chi connectivity index (χ3v) is 5.39. The molecule has 2 rings (SSSR count). The van der Waals surface area contributed by atoms with E-state index in [9.17, 15) is 18.0 Å². The molecule has 0 saturated carbocycles. The molecule has 0 radical (unpaired) electrons. The van der Waals surface area contributed by atoms with E-state index in [1.165, 1.54) is 24.3 Å². The molecular formula is C18H20BrN3O4S. The molecule has 7 nitrogen and oxygen atoms in total. The van der Waals surface area contributed by atoms with Crippen LogP contribution < -0.4 is 15.4 Å². The van der Waals surface area contributed by atoms with E-state index >= 15 is 0 Å². The Kier molecular flexibility index (Phi) is 7.37. The molecule has 3 amide bonds.